The van der Waals surface area contributed by atoms with E-state index in [1.165, 1.54) is 18.1 Å². The first kappa shape index (κ1) is 17.7. The Morgan fingerprint density at radius 1 is 1.48 bits per heavy atom. The fraction of sp³-hybridized carbons (Fsp3) is 0.294. The summed E-state index contributed by atoms with van der Waals surface area (Å²) in [6, 6.07) is 2.65. The number of carbonyl (C=O) groups excluding carboxylic acids is 1. The lowest BCUT2D eigenvalue weighted by Gasteiger charge is -2.28. The highest BCUT2D eigenvalue weighted by Crippen LogP contribution is 2.43. The van der Waals surface area contributed by atoms with Gasteiger partial charge in [0.15, 0.2) is 5.76 Å². The molecule has 0 aromatic carbocycles. The van der Waals surface area contributed by atoms with E-state index in [-0.39, 0.29) is 24.5 Å². The molecule has 0 fully saturated rings. The smallest absolute Gasteiger partial charge is 0.307 e. The second-order valence-electron chi connectivity index (χ2n) is 5.71. The molecule has 1 unspecified atom stereocenters. The number of nitrogens with zero attached hydrogens (tertiary/aromatic N) is 1. The third-order valence-corrected chi connectivity index (χ3v) is 5.51. The van der Waals surface area contributed by atoms with E-state index < -0.39 is 17.8 Å². The maximum absolute atomic E-state index is 14.3. The number of thiophene rings is 1. The van der Waals surface area contributed by atoms with E-state index in [1.807, 2.05) is 0 Å². The van der Waals surface area contributed by atoms with E-state index in [0.717, 1.165) is 11.3 Å². The number of rotatable bonds is 4. The Labute approximate surface area is 152 Å². The number of carbonyl (C=O) groups is 2. The third-order valence-electron chi connectivity index (χ3n) is 4.29. The van der Waals surface area contributed by atoms with Gasteiger partial charge in [-0.1, -0.05) is 11.6 Å². The summed E-state index contributed by atoms with van der Waals surface area (Å²) >= 11 is 7.04. The minimum absolute atomic E-state index is 0.0552. The molecular formula is C17H15ClFNO4S. The summed E-state index contributed by atoms with van der Waals surface area (Å²) in [6.45, 7) is 1.68. The molecule has 5 nitrogen and oxygen atoms in total. The predicted octanol–water partition coefficient (Wildman–Crippen LogP) is 4.13. The van der Waals surface area contributed by atoms with Gasteiger partial charge >= 0.3 is 5.97 Å². The van der Waals surface area contributed by atoms with Crippen LogP contribution in [0, 0.1) is 0 Å². The molecule has 1 aromatic heterocycles. The van der Waals surface area contributed by atoms with E-state index in [0.29, 0.717) is 26.1 Å². The molecule has 1 aliphatic heterocycles. The van der Waals surface area contributed by atoms with Crippen LogP contribution in [0.5, 0.6) is 0 Å². The zero-order valence-electron chi connectivity index (χ0n) is 13.5. The fourth-order valence-corrected chi connectivity index (χ4v) is 4.18. The van der Waals surface area contributed by atoms with Gasteiger partial charge in [0.25, 0.3) is 5.91 Å². The van der Waals surface area contributed by atoms with Crippen LogP contribution in [0.15, 0.2) is 46.6 Å². The van der Waals surface area contributed by atoms with E-state index in [9.17, 15) is 19.1 Å². The van der Waals surface area contributed by atoms with Crippen LogP contribution < -0.4 is 0 Å². The van der Waals surface area contributed by atoms with Crippen LogP contribution >= 0.6 is 22.9 Å². The Morgan fingerprint density at radius 2 is 2.20 bits per heavy atom. The first-order valence-corrected chi connectivity index (χ1v) is 8.68. The molecule has 8 heteroatoms. The Morgan fingerprint density at radius 3 is 2.76 bits per heavy atom. The number of ether oxygens (including phenoxy) is 1. The van der Waals surface area contributed by atoms with Crippen molar-refractivity contribution in [3.05, 3.63) is 55.9 Å². The van der Waals surface area contributed by atoms with Gasteiger partial charge in [-0.15, -0.1) is 11.3 Å². The second-order valence-corrected chi connectivity index (χ2v) is 7.42. The molecular weight excluding hydrogens is 369 g/mol. The largest absolute Gasteiger partial charge is 0.494 e. The first-order chi connectivity index (χ1) is 11.8. The lowest BCUT2D eigenvalue weighted by Crippen LogP contribution is -2.36. The maximum Gasteiger partial charge on any atom is 0.307 e. The average molecular weight is 384 g/mol. The Balaban J connectivity index is 2.06. The highest BCUT2D eigenvalue weighted by Gasteiger charge is 2.42. The summed E-state index contributed by atoms with van der Waals surface area (Å²) in [5, 5.41) is 9.20. The highest BCUT2D eigenvalue weighted by molar-refractivity contribution is 7.18. The van der Waals surface area contributed by atoms with Gasteiger partial charge in [-0.05, 0) is 36.3 Å². The van der Waals surface area contributed by atoms with Crippen LogP contribution in [0.25, 0.3) is 0 Å². The van der Waals surface area contributed by atoms with Gasteiger partial charge in [0.05, 0.1) is 28.8 Å². The molecule has 25 heavy (non-hydrogen) atoms. The van der Waals surface area contributed by atoms with Crippen LogP contribution in [0.2, 0.25) is 4.34 Å². The van der Waals surface area contributed by atoms with Gasteiger partial charge in [-0.25, -0.2) is 4.39 Å². The topological polar surface area (TPSA) is 66.8 Å². The molecule has 0 spiro atoms. The number of allylic oxidation sites excluding steroid dienone is 2. The number of hydrogen-bond acceptors (Lipinski definition) is 4. The number of amides is 1. The van der Waals surface area contributed by atoms with Crippen molar-refractivity contribution in [2.75, 3.05) is 7.11 Å². The fourth-order valence-electron chi connectivity index (χ4n) is 3.20. The molecule has 0 saturated heterocycles. The molecule has 2 heterocycles. The molecule has 2 aliphatic rings. The van der Waals surface area contributed by atoms with Crippen LogP contribution in [-0.4, -0.2) is 35.0 Å². The molecule has 3 rings (SSSR count). The molecule has 0 saturated carbocycles. The van der Waals surface area contributed by atoms with Crippen molar-refractivity contribution >= 4 is 34.8 Å². The van der Waals surface area contributed by atoms with E-state index >= 15 is 0 Å². The number of aliphatic carboxylic acids is 1. The Bertz CT molecular complexity index is 855. The van der Waals surface area contributed by atoms with Crippen molar-refractivity contribution in [1.82, 2.24) is 4.90 Å². The molecule has 132 valence electrons. The molecule has 1 atom stereocenters. The molecule has 1 aliphatic carbocycles. The van der Waals surface area contributed by atoms with Gasteiger partial charge in [-0.3, -0.25) is 9.59 Å². The number of fused-ring (bicyclic) bond motifs is 1. The summed E-state index contributed by atoms with van der Waals surface area (Å²) in [4.78, 5) is 26.0. The first-order valence-electron chi connectivity index (χ1n) is 7.48. The lowest BCUT2D eigenvalue weighted by atomic mass is 9.92. The van der Waals surface area contributed by atoms with Crippen molar-refractivity contribution in [2.24, 2.45) is 0 Å². The van der Waals surface area contributed by atoms with Gasteiger partial charge in [0.1, 0.15) is 5.83 Å². The van der Waals surface area contributed by atoms with Crippen LogP contribution in [-0.2, 0) is 9.53 Å². The quantitative estimate of drug-likeness (QED) is 0.848. The number of hydrogen-bond donors (Lipinski definition) is 1. The maximum atomic E-state index is 14.3. The van der Waals surface area contributed by atoms with E-state index in [2.05, 4.69) is 0 Å². The standard InChI is InChI=1S/C17H15ClFNO4S/c1-8-9(6-16(21)22)10-5-13(24-2)11(19)7-12(10)20(8)17(23)14-3-4-15(18)25-14/h3-5,12H,6-7H2,1-2H3,(H,21,22). The van der Waals surface area contributed by atoms with Crippen molar-refractivity contribution in [3.8, 4) is 0 Å². The Kier molecular flexibility index (Phi) is 4.71. The number of carboxylic acids is 1. The average Bonchev–Trinajstić information content (AvgIpc) is 3.08. The van der Waals surface area contributed by atoms with Crippen molar-refractivity contribution in [3.63, 3.8) is 0 Å². The minimum Gasteiger partial charge on any atom is -0.494 e. The summed E-state index contributed by atoms with van der Waals surface area (Å²) < 4.78 is 19.8. The Hall–Kier alpha value is -2.12. The summed E-state index contributed by atoms with van der Waals surface area (Å²) in [5.41, 5.74) is 1.63. The molecule has 0 bridgehead atoms. The van der Waals surface area contributed by atoms with Gasteiger partial charge in [0, 0.05) is 12.1 Å². The monoisotopic (exact) mass is 383 g/mol. The SMILES string of the molecule is COC1=C(F)CC2C(=C1)C(CC(=O)O)=C(C)N2C(=O)c1ccc(Cl)s1. The molecule has 1 N–H and O–H groups in total. The van der Waals surface area contributed by atoms with Gasteiger partial charge in [0.2, 0.25) is 0 Å². The third kappa shape index (κ3) is 3.09. The van der Waals surface area contributed by atoms with Crippen LogP contribution in [0.1, 0.15) is 29.4 Å². The summed E-state index contributed by atoms with van der Waals surface area (Å²) in [7, 11) is 1.35. The van der Waals surface area contributed by atoms with Crippen molar-refractivity contribution in [2.45, 2.75) is 25.8 Å². The number of carboxylic acid groups (broad SMARTS) is 1. The van der Waals surface area contributed by atoms with E-state index in [1.54, 1.807) is 19.1 Å². The van der Waals surface area contributed by atoms with Crippen LogP contribution in [0.4, 0.5) is 4.39 Å². The van der Waals surface area contributed by atoms with Gasteiger partial charge < -0.3 is 14.7 Å². The highest BCUT2D eigenvalue weighted by atomic mass is 35.5. The summed E-state index contributed by atoms with van der Waals surface area (Å²) in [5.74, 6) is -1.74. The normalized spacial score (nSPS) is 19.9. The molecule has 1 amide bonds. The van der Waals surface area contributed by atoms with E-state index in [4.69, 9.17) is 16.3 Å². The number of methoxy groups -OCH3 is 1. The minimum atomic E-state index is -1.02. The van der Waals surface area contributed by atoms with Crippen molar-refractivity contribution in [1.29, 1.82) is 0 Å². The zero-order chi connectivity index (χ0) is 18.3. The lowest BCUT2D eigenvalue weighted by molar-refractivity contribution is -0.136. The second kappa shape index (κ2) is 6.65. The van der Waals surface area contributed by atoms with Crippen molar-refractivity contribution < 1.29 is 23.8 Å². The zero-order valence-corrected chi connectivity index (χ0v) is 15.1. The summed E-state index contributed by atoms with van der Waals surface area (Å²) in [6.07, 6.45) is 1.18. The number of halogens is 2. The molecule has 1 aromatic rings. The van der Waals surface area contributed by atoms with Gasteiger partial charge in [-0.2, -0.15) is 0 Å². The predicted molar refractivity (Wildman–Crippen MR) is 92.1 cm³/mol. The molecule has 0 radical (unpaired) electrons. The van der Waals surface area contributed by atoms with Crippen LogP contribution in [0.3, 0.4) is 0 Å².